The second-order valence-electron chi connectivity index (χ2n) is 6.96. The van der Waals surface area contributed by atoms with E-state index in [1.165, 1.54) is 11.6 Å². The van der Waals surface area contributed by atoms with E-state index >= 15 is 0 Å². The van der Waals surface area contributed by atoms with Crippen LogP contribution in [-0.4, -0.2) is 5.71 Å². The molecule has 0 amide bonds. The molecule has 2 nitrogen and oxygen atoms in total. The molecule has 0 aliphatic heterocycles. The molecule has 29 heavy (non-hydrogen) atoms. The lowest BCUT2D eigenvalue weighted by Gasteiger charge is -2.09. The molecule has 0 radical (unpaired) electrons. The zero-order valence-corrected chi connectivity index (χ0v) is 18.4. The SMILES string of the molecule is Fc1cccc(Cl)c1CO/N=C(\c1ccc(Br)cc1)C1CC1c1ccc(Cl)cc1. The third-order valence-electron chi connectivity index (χ3n) is 5.01. The van der Waals surface area contributed by atoms with Crippen molar-refractivity contribution in [3.8, 4) is 0 Å². The van der Waals surface area contributed by atoms with Gasteiger partial charge in [0.05, 0.1) is 10.7 Å². The normalized spacial score (nSPS) is 18.6. The summed E-state index contributed by atoms with van der Waals surface area (Å²) in [5.74, 6) is 0.187. The monoisotopic (exact) mass is 491 g/mol. The first-order valence-electron chi connectivity index (χ1n) is 9.17. The first-order chi connectivity index (χ1) is 14.0. The number of oxime groups is 1. The van der Waals surface area contributed by atoms with Crippen molar-refractivity contribution in [1.29, 1.82) is 0 Å². The Kier molecular flexibility index (Phi) is 6.23. The summed E-state index contributed by atoms with van der Waals surface area (Å²) >= 11 is 15.6. The largest absolute Gasteiger partial charge is 0.391 e. The van der Waals surface area contributed by atoms with Crippen molar-refractivity contribution >= 4 is 44.8 Å². The third kappa shape index (κ3) is 4.82. The van der Waals surface area contributed by atoms with Gasteiger partial charge in [-0.15, -0.1) is 0 Å². The molecular weight excluding hydrogens is 476 g/mol. The molecule has 4 rings (SSSR count). The van der Waals surface area contributed by atoms with Crippen LogP contribution in [0.3, 0.4) is 0 Å². The van der Waals surface area contributed by atoms with Crippen LogP contribution >= 0.6 is 39.1 Å². The van der Waals surface area contributed by atoms with Crippen LogP contribution in [0.25, 0.3) is 0 Å². The lowest BCUT2D eigenvalue weighted by atomic mass is 10.0. The summed E-state index contributed by atoms with van der Waals surface area (Å²) in [4.78, 5) is 5.56. The van der Waals surface area contributed by atoms with Crippen molar-refractivity contribution in [1.82, 2.24) is 0 Å². The molecule has 2 unspecified atom stereocenters. The first kappa shape index (κ1) is 20.4. The Balaban J connectivity index is 1.57. The average Bonchev–Trinajstić information content (AvgIpc) is 3.49. The third-order valence-corrected chi connectivity index (χ3v) is 6.15. The zero-order valence-electron chi connectivity index (χ0n) is 15.3. The smallest absolute Gasteiger partial charge is 0.146 e. The summed E-state index contributed by atoms with van der Waals surface area (Å²) in [6, 6.07) is 20.4. The number of benzene rings is 3. The molecule has 0 heterocycles. The van der Waals surface area contributed by atoms with Gasteiger partial charge in [-0.2, -0.15) is 0 Å². The van der Waals surface area contributed by atoms with Gasteiger partial charge in [-0.3, -0.25) is 0 Å². The van der Waals surface area contributed by atoms with Crippen LogP contribution in [-0.2, 0) is 11.4 Å². The molecule has 0 aromatic heterocycles. The first-order valence-corrected chi connectivity index (χ1v) is 10.7. The van der Waals surface area contributed by atoms with Gasteiger partial charge >= 0.3 is 0 Å². The molecule has 1 fully saturated rings. The Bertz CT molecular complexity index is 1020. The maximum atomic E-state index is 14.0. The zero-order chi connectivity index (χ0) is 20.4. The highest BCUT2D eigenvalue weighted by molar-refractivity contribution is 9.10. The fraction of sp³-hybridized carbons (Fsp3) is 0.174. The molecule has 0 saturated heterocycles. The number of hydrogen-bond donors (Lipinski definition) is 0. The van der Waals surface area contributed by atoms with Gasteiger partial charge in [0.1, 0.15) is 12.4 Å². The standard InChI is InChI=1S/C23H17BrCl2FNO/c24-16-8-4-15(5-9-16)23(19-12-18(19)14-6-10-17(25)11-7-14)28-29-13-20-21(26)2-1-3-22(20)27/h1-11,18-19H,12-13H2/b28-23+. The van der Waals surface area contributed by atoms with Gasteiger partial charge in [0.2, 0.25) is 0 Å². The van der Waals surface area contributed by atoms with Gasteiger partial charge in [0, 0.05) is 21.0 Å². The van der Waals surface area contributed by atoms with Crippen molar-refractivity contribution in [3.63, 3.8) is 0 Å². The Hall–Kier alpha value is -1.88. The van der Waals surface area contributed by atoms with Crippen LogP contribution in [0, 0.1) is 11.7 Å². The maximum absolute atomic E-state index is 14.0. The van der Waals surface area contributed by atoms with E-state index < -0.39 is 5.82 Å². The topological polar surface area (TPSA) is 21.6 Å². The molecule has 0 spiro atoms. The maximum Gasteiger partial charge on any atom is 0.146 e. The molecule has 1 saturated carbocycles. The van der Waals surface area contributed by atoms with Crippen LogP contribution in [0.1, 0.15) is 29.0 Å². The Morgan fingerprint density at radius 1 is 1.03 bits per heavy atom. The van der Waals surface area contributed by atoms with Gasteiger partial charge < -0.3 is 4.84 Å². The van der Waals surface area contributed by atoms with Crippen molar-refractivity contribution < 1.29 is 9.23 Å². The van der Waals surface area contributed by atoms with E-state index in [1.54, 1.807) is 12.1 Å². The van der Waals surface area contributed by atoms with Crippen molar-refractivity contribution in [2.75, 3.05) is 0 Å². The number of hydrogen-bond acceptors (Lipinski definition) is 2. The Labute approximate surface area is 187 Å². The van der Waals surface area contributed by atoms with E-state index in [0.717, 1.165) is 27.2 Å². The lowest BCUT2D eigenvalue weighted by molar-refractivity contribution is 0.127. The summed E-state index contributed by atoms with van der Waals surface area (Å²) in [6.07, 6.45) is 0.973. The summed E-state index contributed by atoms with van der Waals surface area (Å²) in [5, 5.41) is 5.46. The van der Waals surface area contributed by atoms with Crippen LogP contribution in [0.2, 0.25) is 10.0 Å². The number of nitrogens with zero attached hydrogens (tertiary/aromatic N) is 1. The van der Waals surface area contributed by atoms with Crippen molar-refractivity contribution in [2.45, 2.75) is 18.9 Å². The van der Waals surface area contributed by atoms with Gasteiger partial charge in [0.25, 0.3) is 0 Å². The van der Waals surface area contributed by atoms with Crippen LogP contribution in [0.4, 0.5) is 4.39 Å². The highest BCUT2D eigenvalue weighted by atomic mass is 79.9. The van der Waals surface area contributed by atoms with Gasteiger partial charge in [-0.1, -0.05) is 74.6 Å². The molecular formula is C23H17BrCl2FNO. The average molecular weight is 493 g/mol. The summed E-state index contributed by atoms with van der Waals surface area (Å²) < 4.78 is 15.0. The van der Waals surface area contributed by atoms with E-state index in [9.17, 15) is 4.39 Å². The molecule has 148 valence electrons. The molecule has 2 atom stereocenters. The highest BCUT2D eigenvalue weighted by Gasteiger charge is 2.43. The Morgan fingerprint density at radius 3 is 2.45 bits per heavy atom. The molecule has 3 aromatic rings. The minimum atomic E-state index is -0.400. The molecule has 0 bridgehead atoms. The fourth-order valence-corrected chi connectivity index (χ4v) is 3.98. The minimum Gasteiger partial charge on any atom is -0.391 e. The number of rotatable bonds is 6. The highest BCUT2D eigenvalue weighted by Crippen LogP contribution is 2.49. The second kappa shape index (κ2) is 8.86. The molecule has 1 aliphatic rings. The molecule has 6 heteroatoms. The van der Waals surface area contributed by atoms with E-state index in [2.05, 4.69) is 21.1 Å². The van der Waals surface area contributed by atoms with E-state index in [-0.39, 0.29) is 12.5 Å². The fourth-order valence-electron chi connectivity index (χ4n) is 3.37. The van der Waals surface area contributed by atoms with Crippen LogP contribution in [0.15, 0.2) is 76.4 Å². The van der Waals surface area contributed by atoms with E-state index in [0.29, 0.717) is 16.5 Å². The van der Waals surface area contributed by atoms with E-state index in [4.69, 9.17) is 28.0 Å². The lowest BCUT2D eigenvalue weighted by Crippen LogP contribution is -2.07. The van der Waals surface area contributed by atoms with Crippen LogP contribution < -0.4 is 0 Å². The summed E-state index contributed by atoms with van der Waals surface area (Å²) in [7, 11) is 0. The number of halogens is 4. The van der Waals surface area contributed by atoms with Crippen LogP contribution in [0.5, 0.6) is 0 Å². The van der Waals surface area contributed by atoms with Gasteiger partial charge in [-0.25, -0.2) is 4.39 Å². The van der Waals surface area contributed by atoms with Gasteiger partial charge in [-0.05, 0) is 59.9 Å². The molecule has 0 N–H and O–H groups in total. The predicted octanol–water partition coefficient (Wildman–Crippen LogP) is 7.62. The molecule has 1 aliphatic carbocycles. The second-order valence-corrected chi connectivity index (χ2v) is 8.72. The Morgan fingerprint density at radius 2 is 1.76 bits per heavy atom. The summed E-state index contributed by atoms with van der Waals surface area (Å²) in [6.45, 7) is -0.0239. The van der Waals surface area contributed by atoms with Crippen molar-refractivity contribution in [2.24, 2.45) is 11.1 Å². The predicted molar refractivity (Wildman–Crippen MR) is 119 cm³/mol. The van der Waals surface area contributed by atoms with Crippen molar-refractivity contribution in [3.05, 3.63) is 104 Å². The quantitative estimate of drug-likeness (QED) is 0.256. The summed E-state index contributed by atoms with van der Waals surface area (Å²) in [5.41, 5.74) is 3.36. The van der Waals surface area contributed by atoms with Gasteiger partial charge in [0.15, 0.2) is 0 Å². The molecule has 3 aromatic carbocycles. The van der Waals surface area contributed by atoms with E-state index in [1.807, 2.05) is 48.5 Å². The minimum absolute atomic E-state index is 0.0239.